The molecule has 2 N–H and O–H groups in total. The number of hydrogen-bond acceptors (Lipinski definition) is 3. The molecule has 0 atom stereocenters. The lowest BCUT2D eigenvalue weighted by atomic mass is 10.2. The third kappa shape index (κ3) is 4.37. The predicted octanol–water partition coefficient (Wildman–Crippen LogP) is 3.79. The summed E-state index contributed by atoms with van der Waals surface area (Å²) in [5, 5.41) is 6.58. The zero-order valence-corrected chi connectivity index (χ0v) is 16.7. The van der Waals surface area contributed by atoms with Crippen LogP contribution in [0.5, 0.6) is 0 Å². The Morgan fingerprint density at radius 3 is 2.72 bits per heavy atom. The first-order valence-corrected chi connectivity index (χ1v) is 9.35. The van der Waals surface area contributed by atoms with Gasteiger partial charge in [-0.25, -0.2) is 0 Å². The molecular weight excluding hydrogens is 476 g/mol. The molecule has 2 amide bonds. The lowest BCUT2D eigenvalue weighted by molar-refractivity contribution is -0.120. The number of nitrogens with one attached hydrogen (secondary N) is 2. The van der Waals surface area contributed by atoms with Gasteiger partial charge in [-0.3, -0.25) is 9.59 Å². The van der Waals surface area contributed by atoms with Gasteiger partial charge in [-0.1, -0.05) is 23.2 Å². The number of rotatable bonds is 3. The van der Waals surface area contributed by atoms with Crippen LogP contribution in [-0.4, -0.2) is 31.4 Å². The van der Waals surface area contributed by atoms with Gasteiger partial charge in [0.1, 0.15) is 0 Å². The fraction of sp³-hybridized carbons (Fsp3) is 0.176. The monoisotopic (exact) mass is 489 g/mol. The highest BCUT2D eigenvalue weighted by atomic mass is 127. The smallest absolute Gasteiger partial charge is 0.256 e. The molecule has 25 heavy (non-hydrogen) atoms. The Kier molecular flexibility index (Phi) is 5.71. The first-order valence-electron chi connectivity index (χ1n) is 7.51. The number of hydrogen-bond donors (Lipinski definition) is 2. The Morgan fingerprint density at radius 2 is 2.00 bits per heavy atom. The van der Waals surface area contributed by atoms with Crippen molar-refractivity contribution in [2.45, 2.75) is 0 Å². The van der Waals surface area contributed by atoms with Gasteiger partial charge in [-0.15, -0.1) is 0 Å². The highest BCUT2D eigenvalue weighted by Crippen LogP contribution is 2.29. The van der Waals surface area contributed by atoms with Crippen LogP contribution in [0.1, 0.15) is 10.4 Å². The normalized spacial score (nSPS) is 14.2. The van der Waals surface area contributed by atoms with E-state index in [4.69, 9.17) is 23.2 Å². The Balaban J connectivity index is 1.77. The largest absolute Gasteiger partial charge is 0.359 e. The molecule has 1 saturated heterocycles. The number of piperazine rings is 1. The molecular formula is C17H14Cl2IN3O2. The molecule has 1 heterocycles. The highest BCUT2D eigenvalue weighted by Gasteiger charge is 2.19. The maximum absolute atomic E-state index is 12.4. The van der Waals surface area contributed by atoms with Crippen molar-refractivity contribution in [1.29, 1.82) is 0 Å². The fourth-order valence-electron chi connectivity index (χ4n) is 2.56. The summed E-state index contributed by atoms with van der Waals surface area (Å²) in [7, 11) is 0. The molecule has 0 unspecified atom stereocenters. The molecule has 0 spiro atoms. The van der Waals surface area contributed by atoms with Gasteiger partial charge in [0.25, 0.3) is 5.91 Å². The van der Waals surface area contributed by atoms with Crippen molar-refractivity contribution in [2.75, 3.05) is 29.9 Å². The number of carbonyl (C=O) groups excluding carboxylic acids is 2. The predicted molar refractivity (Wildman–Crippen MR) is 109 cm³/mol. The summed E-state index contributed by atoms with van der Waals surface area (Å²) in [6.07, 6.45) is 0. The minimum absolute atomic E-state index is 0.0322. The first-order chi connectivity index (χ1) is 11.9. The zero-order chi connectivity index (χ0) is 18.0. The minimum atomic E-state index is -0.256. The fourth-order valence-corrected chi connectivity index (χ4v) is 3.61. The zero-order valence-electron chi connectivity index (χ0n) is 13.0. The maximum atomic E-state index is 12.4. The summed E-state index contributed by atoms with van der Waals surface area (Å²) in [5.41, 5.74) is 1.85. The van der Waals surface area contributed by atoms with E-state index < -0.39 is 0 Å². The van der Waals surface area contributed by atoms with E-state index in [2.05, 4.69) is 33.2 Å². The van der Waals surface area contributed by atoms with Crippen LogP contribution >= 0.6 is 45.8 Å². The number of benzene rings is 2. The van der Waals surface area contributed by atoms with Crippen LogP contribution in [0.2, 0.25) is 10.0 Å². The van der Waals surface area contributed by atoms with Crippen LogP contribution in [0.25, 0.3) is 0 Å². The topological polar surface area (TPSA) is 61.4 Å². The molecule has 1 aliphatic rings. The molecule has 2 aromatic rings. The first kappa shape index (κ1) is 18.3. The van der Waals surface area contributed by atoms with Crippen LogP contribution in [0, 0.1) is 3.57 Å². The number of halogens is 3. The van der Waals surface area contributed by atoms with Crippen molar-refractivity contribution in [3.8, 4) is 0 Å². The summed E-state index contributed by atoms with van der Waals surface area (Å²) in [6.45, 7) is 1.55. The summed E-state index contributed by atoms with van der Waals surface area (Å²) in [5.74, 6) is -0.289. The number of anilines is 2. The highest BCUT2D eigenvalue weighted by molar-refractivity contribution is 14.1. The summed E-state index contributed by atoms with van der Waals surface area (Å²) < 4.78 is 0.807. The van der Waals surface area contributed by atoms with E-state index in [1.807, 2.05) is 4.90 Å². The van der Waals surface area contributed by atoms with Gasteiger partial charge in [0.2, 0.25) is 5.91 Å². The Labute approximate surface area is 168 Å². The molecule has 0 aliphatic carbocycles. The molecule has 0 radical (unpaired) electrons. The van der Waals surface area contributed by atoms with Crippen molar-refractivity contribution in [2.24, 2.45) is 0 Å². The van der Waals surface area contributed by atoms with Gasteiger partial charge >= 0.3 is 0 Å². The summed E-state index contributed by atoms with van der Waals surface area (Å²) in [6, 6.07) is 10.4. The molecule has 2 aromatic carbocycles. The van der Waals surface area contributed by atoms with Gasteiger partial charge in [-0.05, 0) is 59.0 Å². The SMILES string of the molecule is O=C1CN(c2ccc(NC(=O)c3cc(Cl)ccc3I)cc2Cl)CCN1. The van der Waals surface area contributed by atoms with Crippen LogP contribution in [0.15, 0.2) is 36.4 Å². The van der Waals surface area contributed by atoms with Gasteiger partial charge in [0, 0.05) is 27.4 Å². The van der Waals surface area contributed by atoms with Crippen molar-refractivity contribution >= 4 is 69.0 Å². The quantitative estimate of drug-likeness (QED) is 0.645. The second kappa shape index (κ2) is 7.80. The molecule has 8 heteroatoms. The number of carbonyl (C=O) groups is 2. The molecule has 5 nitrogen and oxygen atoms in total. The van der Waals surface area contributed by atoms with Crippen molar-refractivity contribution in [1.82, 2.24) is 5.32 Å². The molecule has 130 valence electrons. The lowest BCUT2D eigenvalue weighted by Crippen LogP contribution is -2.47. The van der Waals surface area contributed by atoms with Crippen LogP contribution in [0.4, 0.5) is 11.4 Å². The van der Waals surface area contributed by atoms with E-state index in [0.717, 1.165) is 9.26 Å². The van der Waals surface area contributed by atoms with Gasteiger partial charge in [0.15, 0.2) is 0 Å². The van der Waals surface area contributed by atoms with Crippen LogP contribution < -0.4 is 15.5 Å². The summed E-state index contributed by atoms with van der Waals surface area (Å²) >= 11 is 14.4. The number of nitrogens with zero attached hydrogens (tertiary/aromatic N) is 1. The van der Waals surface area contributed by atoms with E-state index >= 15 is 0 Å². The van der Waals surface area contributed by atoms with E-state index in [9.17, 15) is 9.59 Å². The van der Waals surface area contributed by atoms with Gasteiger partial charge < -0.3 is 15.5 Å². The second-order valence-electron chi connectivity index (χ2n) is 5.52. The maximum Gasteiger partial charge on any atom is 0.256 e. The van der Waals surface area contributed by atoms with Gasteiger partial charge in [0.05, 0.1) is 22.8 Å². The molecule has 0 aromatic heterocycles. The average molecular weight is 490 g/mol. The van der Waals surface area contributed by atoms with Gasteiger partial charge in [-0.2, -0.15) is 0 Å². The molecule has 1 aliphatic heterocycles. The minimum Gasteiger partial charge on any atom is -0.359 e. The van der Waals surface area contributed by atoms with Crippen LogP contribution in [0.3, 0.4) is 0 Å². The van der Waals surface area contributed by atoms with Crippen molar-refractivity contribution in [3.05, 3.63) is 55.6 Å². The van der Waals surface area contributed by atoms with E-state index in [1.54, 1.807) is 36.4 Å². The molecule has 0 bridgehead atoms. The molecule has 3 rings (SSSR count). The third-order valence-corrected chi connectivity index (χ3v) is 5.24. The summed E-state index contributed by atoms with van der Waals surface area (Å²) in [4.78, 5) is 25.9. The Morgan fingerprint density at radius 1 is 1.20 bits per heavy atom. The lowest BCUT2D eigenvalue weighted by Gasteiger charge is -2.29. The van der Waals surface area contributed by atoms with Crippen LogP contribution in [-0.2, 0) is 4.79 Å². The Hall–Kier alpha value is -1.51. The third-order valence-electron chi connectivity index (χ3n) is 3.76. The van der Waals surface area contributed by atoms with E-state index in [-0.39, 0.29) is 18.4 Å². The van der Waals surface area contributed by atoms with Crippen molar-refractivity contribution in [3.63, 3.8) is 0 Å². The standard InChI is InChI=1S/C17H14Cl2IN3O2/c18-10-1-3-14(20)12(7-10)17(25)22-11-2-4-15(13(19)8-11)23-6-5-21-16(24)9-23/h1-4,7-8H,5-6,9H2,(H,21,24)(H,22,25). The second-order valence-corrected chi connectivity index (χ2v) is 7.52. The Bertz CT molecular complexity index is 845. The van der Waals surface area contributed by atoms with Crippen molar-refractivity contribution < 1.29 is 9.59 Å². The average Bonchev–Trinajstić information content (AvgIpc) is 2.57. The molecule has 0 saturated carbocycles. The van der Waals surface area contributed by atoms with E-state index in [1.165, 1.54) is 0 Å². The van der Waals surface area contributed by atoms with E-state index in [0.29, 0.717) is 34.4 Å². The number of amides is 2. The molecule has 1 fully saturated rings.